The van der Waals surface area contributed by atoms with Gasteiger partial charge in [-0.25, -0.2) is 0 Å². The van der Waals surface area contributed by atoms with Crippen molar-refractivity contribution in [3.63, 3.8) is 0 Å². The van der Waals surface area contributed by atoms with Gasteiger partial charge in [0.25, 0.3) is 5.91 Å². The van der Waals surface area contributed by atoms with Crippen molar-refractivity contribution in [3.8, 4) is 22.5 Å². The van der Waals surface area contributed by atoms with Gasteiger partial charge in [-0.3, -0.25) is 9.59 Å². The summed E-state index contributed by atoms with van der Waals surface area (Å²) in [7, 11) is 1.63. The molecular formula is C35H37NO4. The summed E-state index contributed by atoms with van der Waals surface area (Å²) in [4.78, 5) is 26.8. The van der Waals surface area contributed by atoms with Crippen molar-refractivity contribution in [1.82, 2.24) is 5.32 Å². The van der Waals surface area contributed by atoms with Crippen LogP contribution in [-0.4, -0.2) is 23.8 Å². The second kappa shape index (κ2) is 10.0. The quantitative estimate of drug-likeness (QED) is 0.217. The Morgan fingerprint density at radius 3 is 2.33 bits per heavy atom. The van der Waals surface area contributed by atoms with Crippen LogP contribution in [0.5, 0.6) is 0 Å². The lowest BCUT2D eigenvalue weighted by molar-refractivity contribution is -0.103. The van der Waals surface area contributed by atoms with Gasteiger partial charge in [0.15, 0.2) is 5.78 Å². The van der Waals surface area contributed by atoms with E-state index in [1.165, 1.54) is 0 Å². The summed E-state index contributed by atoms with van der Waals surface area (Å²) in [6, 6.07) is 16.0. The number of aryl methyl sites for hydroxylation is 3. The number of Topliss-reactive ketones (excluding diaryl/α,β-unsaturated/α-hetero) is 1. The molecule has 5 nitrogen and oxygen atoms in total. The van der Waals surface area contributed by atoms with Crippen LogP contribution in [-0.2, 0) is 13.0 Å². The maximum atomic E-state index is 13.6. The van der Waals surface area contributed by atoms with Gasteiger partial charge in [-0.1, -0.05) is 49.2 Å². The van der Waals surface area contributed by atoms with Crippen molar-refractivity contribution in [2.24, 2.45) is 11.3 Å². The number of carbonyl (C=O) groups excluding carboxylic acids is 2. The summed E-state index contributed by atoms with van der Waals surface area (Å²) in [6.45, 7) is 6.03. The Balaban J connectivity index is 1.53. The van der Waals surface area contributed by atoms with Gasteiger partial charge < -0.3 is 14.8 Å². The lowest BCUT2D eigenvalue weighted by Gasteiger charge is -2.62. The van der Waals surface area contributed by atoms with E-state index in [4.69, 9.17) is 4.42 Å². The van der Waals surface area contributed by atoms with E-state index < -0.39 is 0 Å². The third kappa shape index (κ3) is 4.37. The fourth-order valence-electron chi connectivity index (χ4n) is 6.93. The topological polar surface area (TPSA) is 79.5 Å². The molecule has 0 radical (unpaired) electrons. The van der Waals surface area contributed by atoms with Crippen molar-refractivity contribution < 1.29 is 19.1 Å². The van der Waals surface area contributed by atoms with E-state index in [-0.39, 0.29) is 23.7 Å². The molecule has 0 saturated heterocycles. The van der Waals surface area contributed by atoms with E-state index in [1.807, 2.05) is 50.2 Å². The van der Waals surface area contributed by atoms with Gasteiger partial charge in [-0.05, 0) is 96.9 Å². The molecule has 3 saturated carbocycles. The first-order chi connectivity index (χ1) is 19.3. The summed E-state index contributed by atoms with van der Waals surface area (Å²) >= 11 is 0. The maximum absolute atomic E-state index is 13.6. The Kier molecular flexibility index (Phi) is 6.66. The van der Waals surface area contributed by atoms with Crippen LogP contribution >= 0.6 is 0 Å². The van der Waals surface area contributed by atoms with E-state index in [9.17, 15) is 14.7 Å². The normalized spacial score (nSPS) is 19.3. The van der Waals surface area contributed by atoms with Crippen LogP contribution in [0.2, 0.25) is 0 Å². The molecule has 1 heterocycles. The highest BCUT2D eigenvalue weighted by atomic mass is 16.3. The van der Waals surface area contributed by atoms with Gasteiger partial charge in [-0.15, -0.1) is 0 Å². The number of hydrogen-bond donors (Lipinski definition) is 2. The van der Waals surface area contributed by atoms with Gasteiger partial charge in [0.05, 0.1) is 12.2 Å². The second-order valence-electron chi connectivity index (χ2n) is 12.1. The van der Waals surface area contributed by atoms with Crippen molar-refractivity contribution in [3.05, 3.63) is 81.9 Å². The maximum Gasteiger partial charge on any atom is 0.255 e. The number of ketones is 1. The van der Waals surface area contributed by atoms with Crippen LogP contribution in [0.25, 0.3) is 33.4 Å². The summed E-state index contributed by atoms with van der Waals surface area (Å²) in [6.07, 6.45) is 5.81. The Bertz CT molecular complexity index is 1630. The molecule has 0 aliphatic heterocycles. The van der Waals surface area contributed by atoms with Crippen LogP contribution in [0.15, 0.2) is 52.9 Å². The molecule has 3 aromatic carbocycles. The SMILES string of the molecule is CCCc1cc2oc(-c3ccc(C)cc3)c(C(=O)NC)c2cc1-c1cc(C(=O)CC23CC(C2)C3)c(CO)cc1C. The lowest BCUT2D eigenvalue weighted by atomic mass is 9.43. The molecule has 3 fully saturated rings. The molecule has 2 bridgehead atoms. The van der Waals surface area contributed by atoms with Crippen molar-refractivity contribution in [1.29, 1.82) is 0 Å². The lowest BCUT2D eigenvalue weighted by Crippen LogP contribution is -2.52. The zero-order valence-electron chi connectivity index (χ0n) is 23.8. The van der Waals surface area contributed by atoms with E-state index in [0.29, 0.717) is 34.5 Å². The number of rotatable bonds is 9. The van der Waals surface area contributed by atoms with Gasteiger partial charge in [0.1, 0.15) is 11.3 Å². The highest BCUT2D eigenvalue weighted by Crippen LogP contribution is 2.66. The standard InChI is InChI=1S/C35H37NO4/c1-5-6-24-12-31-29(32(34(39)36-4)33(40-31)23-9-7-20(2)8-10-23)14-27(24)26-13-28(25(19-37)11-21(26)3)30(38)18-35-15-22(16-35)17-35/h7-14,22,37H,5-6,15-19H2,1-4H3,(H,36,39). The minimum absolute atomic E-state index is 0.123. The fourth-order valence-corrected chi connectivity index (χ4v) is 6.93. The molecule has 0 unspecified atom stereocenters. The summed E-state index contributed by atoms with van der Waals surface area (Å²) < 4.78 is 6.38. The zero-order valence-corrected chi connectivity index (χ0v) is 23.8. The Morgan fingerprint density at radius 2 is 1.73 bits per heavy atom. The van der Waals surface area contributed by atoms with Crippen molar-refractivity contribution >= 4 is 22.7 Å². The third-order valence-electron chi connectivity index (χ3n) is 9.11. The predicted molar refractivity (Wildman–Crippen MR) is 159 cm³/mol. The molecular weight excluding hydrogens is 498 g/mol. The van der Waals surface area contributed by atoms with Gasteiger partial charge in [0, 0.05) is 30.0 Å². The van der Waals surface area contributed by atoms with E-state index in [0.717, 1.165) is 76.8 Å². The number of fused-ring (bicyclic) bond motifs is 1. The smallest absolute Gasteiger partial charge is 0.255 e. The second-order valence-corrected chi connectivity index (χ2v) is 12.1. The van der Waals surface area contributed by atoms with Crippen LogP contribution < -0.4 is 5.32 Å². The monoisotopic (exact) mass is 535 g/mol. The Labute approximate surface area is 235 Å². The van der Waals surface area contributed by atoms with Crippen LogP contribution in [0.1, 0.15) is 82.0 Å². The number of carbonyl (C=O) groups is 2. The van der Waals surface area contributed by atoms with Crippen LogP contribution in [0.4, 0.5) is 0 Å². The number of amides is 1. The number of furan rings is 1. The van der Waals surface area contributed by atoms with Crippen molar-refractivity contribution in [2.75, 3.05) is 7.05 Å². The van der Waals surface area contributed by atoms with Gasteiger partial charge >= 0.3 is 0 Å². The minimum Gasteiger partial charge on any atom is -0.455 e. The highest BCUT2D eigenvalue weighted by molar-refractivity contribution is 6.12. The number of aliphatic hydroxyl groups is 1. The number of hydrogen-bond acceptors (Lipinski definition) is 4. The van der Waals surface area contributed by atoms with E-state index >= 15 is 0 Å². The molecule has 1 amide bonds. The van der Waals surface area contributed by atoms with Crippen LogP contribution in [0, 0.1) is 25.2 Å². The molecule has 5 heteroatoms. The molecule has 4 aromatic rings. The Hall–Kier alpha value is -3.70. The minimum atomic E-state index is -0.203. The molecule has 0 atom stereocenters. The highest BCUT2D eigenvalue weighted by Gasteiger charge is 2.57. The van der Waals surface area contributed by atoms with E-state index in [1.54, 1.807) is 7.05 Å². The number of benzene rings is 3. The molecule has 1 aromatic heterocycles. The molecule has 3 aliphatic carbocycles. The average Bonchev–Trinajstić information content (AvgIpc) is 3.27. The first kappa shape index (κ1) is 26.5. The number of nitrogens with one attached hydrogen (secondary N) is 1. The molecule has 2 N–H and O–H groups in total. The van der Waals surface area contributed by atoms with E-state index in [2.05, 4.69) is 24.4 Å². The van der Waals surface area contributed by atoms with Gasteiger partial charge in [-0.2, -0.15) is 0 Å². The zero-order chi connectivity index (χ0) is 28.2. The first-order valence-electron chi connectivity index (χ1n) is 14.4. The Morgan fingerprint density at radius 1 is 1.00 bits per heavy atom. The molecule has 7 rings (SSSR count). The van der Waals surface area contributed by atoms with Gasteiger partial charge in [0.2, 0.25) is 0 Å². The first-order valence-corrected chi connectivity index (χ1v) is 14.4. The summed E-state index contributed by atoms with van der Waals surface area (Å²) in [5.74, 6) is 1.29. The van der Waals surface area contributed by atoms with Crippen molar-refractivity contribution in [2.45, 2.75) is 65.9 Å². The average molecular weight is 536 g/mol. The summed E-state index contributed by atoms with van der Waals surface area (Å²) in [5.41, 5.74) is 8.73. The molecule has 40 heavy (non-hydrogen) atoms. The largest absolute Gasteiger partial charge is 0.455 e. The third-order valence-corrected chi connectivity index (χ3v) is 9.11. The molecule has 3 aliphatic rings. The predicted octanol–water partition coefficient (Wildman–Crippen LogP) is 7.56. The van der Waals surface area contributed by atoms with Crippen LogP contribution in [0.3, 0.4) is 0 Å². The molecule has 0 spiro atoms. The summed E-state index contributed by atoms with van der Waals surface area (Å²) in [5, 5.41) is 13.7. The molecule has 206 valence electrons. The fraction of sp³-hybridized carbons (Fsp3) is 0.371. The number of aliphatic hydroxyl groups excluding tert-OH is 1.